The molecule has 1 aliphatic rings. The summed E-state index contributed by atoms with van der Waals surface area (Å²) < 4.78 is 10.7. The lowest BCUT2D eigenvalue weighted by atomic mass is 10.0. The second-order valence-corrected chi connectivity index (χ2v) is 7.14. The number of nitrogens with zero attached hydrogens (tertiary/aromatic N) is 2. The Labute approximate surface area is 156 Å². The summed E-state index contributed by atoms with van der Waals surface area (Å²) in [6, 6.07) is 7.85. The summed E-state index contributed by atoms with van der Waals surface area (Å²) in [5, 5.41) is 14.4. The molecule has 0 unspecified atom stereocenters. The van der Waals surface area contributed by atoms with Crippen molar-refractivity contribution >= 4 is 5.71 Å². The van der Waals surface area contributed by atoms with Crippen LogP contribution in [0.25, 0.3) is 0 Å². The van der Waals surface area contributed by atoms with E-state index in [0.717, 1.165) is 36.5 Å². The van der Waals surface area contributed by atoms with Crippen molar-refractivity contribution in [3.8, 4) is 5.75 Å². The fourth-order valence-corrected chi connectivity index (χ4v) is 2.89. The van der Waals surface area contributed by atoms with Gasteiger partial charge in [-0.15, -0.1) is 0 Å². The van der Waals surface area contributed by atoms with Gasteiger partial charge in [0.15, 0.2) is 0 Å². The molecule has 1 aromatic rings. The Morgan fingerprint density at radius 1 is 1.27 bits per heavy atom. The van der Waals surface area contributed by atoms with Crippen molar-refractivity contribution in [3.05, 3.63) is 29.8 Å². The van der Waals surface area contributed by atoms with E-state index in [0.29, 0.717) is 25.7 Å². The second-order valence-electron chi connectivity index (χ2n) is 7.14. The Kier molecular flexibility index (Phi) is 8.35. The SMILES string of the molecule is CCN(C[C@H](O)COCC(C)C)C[C@@H]1CC(c2ccc(OC)cc2)=NO1. The molecule has 0 fully saturated rings. The number of ether oxygens (including phenoxy) is 2. The summed E-state index contributed by atoms with van der Waals surface area (Å²) in [5.41, 5.74) is 2.01. The van der Waals surface area contributed by atoms with Crippen LogP contribution in [0.5, 0.6) is 5.75 Å². The normalized spacial score (nSPS) is 18.1. The van der Waals surface area contributed by atoms with Crippen molar-refractivity contribution < 1.29 is 19.4 Å². The second kappa shape index (κ2) is 10.5. The lowest BCUT2D eigenvalue weighted by Crippen LogP contribution is -2.39. The first kappa shape index (κ1) is 20.7. The van der Waals surface area contributed by atoms with Crippen LogP contribution in [-0.4, -0.2) is 67.9 Å². The molecular weight excluding hydrogens is 332 g/mol. The van der Waals surface area contributed by atoms with Gasteiger partial charge in [-0.3, -0.25) is 4.90 Å². The van der Waals surface area contributed by atoms with Crippen molar-refractivity contribution in [1.29, 1.82) is 0 Å². The van der Waals surface area contributed by atoms with E-state index in [1.54, 1.807) is 7.11 Å². The van der Waals surface area contributed by atoms with E-state index in [2.05, 4.69) is 30.8 Å². The molecule has 2 rings (SSSR count). The fraction of sp³-hybridized carbons (Fsp3) is 0.650. The maximum Gasteiger partial charge on any atom is 0.145 e. The van der Waals surface area contributed by atoms with Crippen LogP contribution >= 0.6 is 0 Å². The zero-order valence-electron chi connectivity index (χ0n) is 16.4. The number of methoxy groups -OCH3 is 1. The molecule has 6 heteroatoms. The highest BCUT2D eigenvalue weighted by Crippen LogP contribution is 2.20. The van der Waals surface area contributed by atoms with Gasteiger partial charge in [0.25, 0.3) is 0 Å². The minimum Gasteiger partial charge on any atom is -0.497 e. The zero-order chi connectivity index (χ0) is 18.9. The highest BCUT2D eigenvalue weighted by Gasteiger charge is 2.25. The van der Waals surface area contributed by atoms with E-state index in [1.165, 1.54) is 0 Å². The molecule has 146 valence electrons. The first-order chi connectivity index (χ1) is 12.5. The summed E-state index contributed by atoms with van der Waals surface area (Å²) in [6.45, 7) is 9.49. The predicted molar refractivity (Wildman–Crippen MR) is 103 cm³/mol. The van der Waals surface area contributed by atoms with Crippen molar-refractivity contribution in [3.63, 3.8) is 0 Å². The van der Waals surface area contributed by atoms with Crippen molar-refractivity contribution in [2.24, 2.45) is 11.1 Å². The van der Waals surface area contributed by atoms with Crippen molar-refractivity contribution in [1.82, 2.24) is 4.90 Å². The topological polar surface area (TPSA) is 63.5 Å². The van der Waals surface area contributed by atoms with Gasteiger partial charge in [0.2, 0.25) is 0 Å². The monoisotopic (exact) mass is 364 g/mol. The molecule has 0 amide bonds. The largest absolute Gasteiger partial charge is 0.497 e. The number of hydrogen-bond acceptors (Lipinski definition) is 6. The Hall–Kier alpha value is -1.63. The highest BCUT2D eigenvalue weighted by molar-refractivity contribution is 6.01. The van der Waals surface area contributed by atoms with Gasteiger partial charge in [0, 0.05) is 26.1 Å². The van der Waals surface area contributed by atoms with Crippen LogP contribution in [0, 0.1) is 5.92 Å². The van der Waals surface area contributed by atoms with Crippen LogP contribution in [0.15, 0.2) is 29.4 Å². The van der Waals surface area contributed by atoms with E-state index >= 15 is 0 Å². The number of oxime groups is 1. The third-order valence-electron chi connectivity index (χ3n) is 4.30. The molecule has 0 bridgehead atoms. The first-order valence-electron chi connectivity index (χ1n) is 9.37. The molecule has 26 heavy (non-hydrogen) atoms. The maximum absolute atomic E-state index is 10.2. The molecule has 0 saturated carbocycles. The Balaban J connectivity index is 1.77. The van der Waals surface area contributed by atoms with Gasteiger partial charge < -0.3 is 19.4 Å². The van der Waals surface area contributed by atoms with Gasteiger partial charge >= 0.3 is 0 Å². The quantitative estimate of drug-likeness (QED) is 0.654. The van der Waals surface area contributed by atoms with Crippen molar-refractivity contribution in [2.45, 2.75) is 39.4 Å². The fourth-order valence-electron chi connectivity index (χ4n) is 2.89. The van der Waals surface area contributed by atoms with Crippen LogP contribution in [0.1, 0.15) is 32.8 Å². The number of benzene rings is 1. The molecule has 0 aliphatic carbocycles. The van der Waals surface area contributed by atoms with E-state index in [1.807, 2.05) is 24.3 Å². The minimum absolute atomic E-state index is 0.0100. The molecule has 0 aromatic heterocycles. The van der Waals surface area contributed by atoms with Crippen LogP contribution in [-0.2, 0) is 9.57 Å². The smallest absolute Gasteiger partial charge is 0.145 e. The van der Waals surface area contributed by atoms with Crippen LogP contribution in [0.2, 0.25) is 0 Å². The first-order valence-corrected chi connectivity index (χ1v) is 9.37. The molecule has 1 N–H and O–H groups in total. The Morgan fingerprint density at radius 3 is 2.62 bits per heavy atom. The average Bonchev–Trinajstić information content (AvgIpc) is 3.09. The molecule has 0 radical (unpaired) electrons. The van der Waals surface area contributed by atoms with Crippen LogP contribution in [0.4, 0.5) is 0 Å². The predicted octanol–water partition coefficient (Wildman–Crippen LogP) is 2.54. The van der Waals surface area contributed by atoms with E-state index in [9.17, 15) is 5.11 Å². The number of hydrogen-bond donors (Lipinski definition) is 1. The van der Waals surface area contributed by atoms with Gasteiger partial charge in [0.05, 0.1) is 25.5 Å². The van der Waals surface area contributed by atoms with Gasteiger partial charge in [0.1, 0.15) is 11.9 Å². The molecule has 1 aliphatic heterocycles. The van der Waals surface area contributed by atoms with E-state index < -0.39 is 6.10 Å². The maximum atomic E-state index is 10.2. The zero-order valence-corrected chi connectivity index (χ0v) is 16.4. The van der Waals surface area contributed by atoms with Gasteiger partial charge in [-0.05, 0) is 42.3 Å². The molecule has 6 nitrogen and oxygen atoms in total. The minimum atomic E-state index is -0.489. The summed E-state index contributed by atoms with van der Waals surface area (Å²) in [7, 11) is 1.66. The van der Waals surface area contributed by atoms with E-state index in [-0.39, 0.29) is 6.10 Å². The lowest BCUT2D eigenvalue weighted by molar-refractivity contribution is -0.00421. The molecule has 0 saturated heterocycles. The summed E-state index contributed by atoms with van der Waals surface area (Å²) >= 11 is 0. The standard InChI is InChI=1S/C20H32N2O4/c1-5-22(11-17(23)14-25-13-15(2)3)12-19-10-20(21-26-19)16-6-8-18(24-4)9-7-16/h6-9,15,17,19,23H,5,10-14H2,1-4H3/t17-,19-/m0/s1. The van der Waals surface area contributed by atoms with Gasteiger partial charge in [-0.1, -0.05) is 25.9 Å². The van der Waals surface area contributed by atoms with Gasteiger partial charge in [-0.25, -0.2) is 0 Å². The Bertz CT molecular complexity index is 559. The molecule has 2 atom stereocenters. The Morgan fingerprint density at radius 2 is 2.00 bits per heavy atom. The number of rotatable bonds is 11. The van der Waals surface area contributed by atoms with Crippen molar-refractivity contribution in [2.75, 3.05) is 40.0 Å². The van der Waals surface area contributed by atoms with Crippen LogP contribution in [0.3, 0.4) is 0 Å². The number of aliphatic hydroxyl groups is 1. The summed E-state index contributed by atoms with van der Waals surface area (Å²) in [5.74, 6) is 1.31. The lowest BCUT2D eigenvalue weighted by Gasteiger charge is -2.25. The third kappa shape index (κ3) is 6.59. The summed E-state index contributed by atoms with van der Waals surface area (Å²) in [4.78, 5) is 7.79. The average molecular weight is 364 g/mol. The molecule has 0 spiro atoms. The third-order valence-corrected chi connectivity index (χ3v) is 4.30. The molecule has 1 heterocycles. The van der Waals surface area contributed by atoms with Gasteiger partial charge in [-0.2, -0.15) is 0 Å². The van der Waals surface area contributed by atoms with Crippen LogP contribution < -0.4 is 4.74 Å². The molecular formula is C20H32N2O4. The number of aliphatic hydroxyl groups excluding tert-OH is 1. The molecule has 1 aromatic carbocycles. The van der Waals surface area contributed by atoms with E-state index in [4.69, 9.17) is 14.3 Å². The summed E-state index contributed by atoms with van der Waals surface area (Å²) in [6.07, 6.45) is 0.288. The highest BCUT2D eigenvalue weighted by atomic mass is 16.6. The number of likely N-dealkylation sites (N-methyl/N-ethyl adjacent to an activating group) is 1.